The number of rotatable bonds is 4. The maximum atomic E-state index is 13.0. The second-order valence-corrected chi connectivity index (χ2v) is 10.5. The maximum Gasteiger partial charge on any atom is 0.253 e. The predicted molar refractivity (Wildman–Crippen MR) is 116 cm³/mol. The van der Waals surface area contributed by atoms with Crippen LogP contribution in [0.4, 0.5) is 0 Å². The Balaban J connectivity index is 1.51. The average Bonchev–Trinajstić information content (AvgIpc) is 3.17. The first-order chi connectivity index (χ1) is 14.3. The van der Waals surface area contributed by atoms with Crippen molar-refractivity contribution in [1.82, 2.24) is 23.8 Å². The van der Waals surface area contributed by atoms with Gasteiger partial charge in [-0.25, -0.2) is 12.7 Å². The molecule has 1 fully saturated rings. The number of piperidine rings is 1. The van der Waals surface area contributed by atoms with E-state index in [1.54, 1.807) is 17.0 Å². The van der Waals surface area contributed by atoms with Gasteiger partial charge in [0.25, 0.3) is 5.91 Å². The molecule has 8 nitrogen and oxygen atoms in total. The summed E-state index contributed by atoms with van der Waals surface area (Å²) in [6.07, 6.45) is 3.51. The molecule has 4 rings (SSSR count). The van der Waals surface area contributed by atoms with E-state index in [1.165, 1.54) is 20.2 Å². The van der Waals surface area contributed by atoms with Gasteiger partial charge in [-0.3, -0.25) is 9.20 Å². The third-order valence-electron chi connectivity index (χ3n) is 5.42. The summed E-state index contributed by atoms with van der Waals surface area (Å²) in [5.74, 6) is 0.976. The topological polar surface area (TPSA) is 87.9 Å². The number of likely N-dealkylation sites (tertiary alicyclic amines) is 1. The summed E-state index contributed by atoms with van der Waals surface area (Å²) in [4.78, 5) is 14.9. The first kappa shape index (κ1) is 21.0. The monoisotopic (exact) mass is 491 g/mol. The minimum absolute atomic E-state index is 0.0863. The fourth-order valence-corrected chi connectivity index (χ4v) is 5.54. The van der Waals surface area contributed by atoms with Gasteiger partial charge in [0, 0.05) is 49.3 Å². The Labute approximate surface area is 183 Å². The zero-order chi connectivity index (χ0) is 21.5. The van der Waals surface area contributed by atoms with E-state index >= 15 is 0 Å². The van der Waals surface area contributed by atoms with E-state index in [-0.39, 0.29) is 16.7 Å². The van der Waals surface area contributed by atoms with Crippen molar-refractivity contribution in [3.63, 3.8) is 0 Å². The van der Waals surface area contributed by atoms with Crippen molar-refractivity contribution < 1.29 is 13.2 Å². The molecular formula is C20H22BrN5O3S. The van der Waals surface area contributed by atoms with E-state index in [1.807, 2.05) is 28.8 Å². The lowest BCUT2D eigenvalue weighted by Gasteiger charge is -2.31. The Hall–Kier alpha value is -2.30. The molecular weight excluding hydrogens is 470 g/mol. The zero-order valence-electron chi connectivity index (χ0n) is 16.7. The molecule has 1 aliphatic heterocycles. The fourth-order valence-electron chi connectivity index (χ4n) is 3.69. The van der Waals surface area contributed by atoms with Crippen LogP contribution in [0.2, 0.25) is 0 Å². The normalized spacial score (nSPS) is 15.8. The first-order valence-corrected chi connectivity index (χ1v) is 11.8. The molecule has 30 heavy (non-hydrogen) atoms. The lowest BCUT2D eigenvalue weighted by molar-refractivity contribution is 0.0710. The summed E-state index contributed by atoms with van der Waals surface area (Å²) in [6, 6.07) is 10.5. The molecule has 158 valence electrons. The van der Waals surface area contributed by atoms with E-state index in [0.717, 1.165) is 28.6 Å². The molecule has 0 N–H and O–H groups in total. The van der Waals surface area contributed by atoms with Gasteiger partial charge in [-0.05, 0) is 59.1 Å². The van der Waals surface area contributed by atoms with Gasteiger partial charge in [0.05, 0.1) is 4.90 Å². The van der Waals surface area contributed by atoms with Gasteiger partial charge in [-0.2, -0.15) is 0 Å². The van der Waals surface area contributed by atoms with Gasteiger partial charge in [-0.1, -0.05) is 6.07 Å². The molecule has 2 aromatic heterocycles. The summed E-state index contributed by atoms with van der Waals surface area (Å²) < 4.78 is 28.6. The number of sulfonamides is 1. The summed E-state index contributed by atoms with van der Waals surface area (Å²) in [7, 11) is -0.721. The number of benzene rings is 1. The summed E-state index contributed by atoms with van der Waals surface area (Å²) in [5.41, 5.74) is 1.18. The van der Waals surface area contributed by atoms with Crippen LogP contribution >= 0.6 is 15.9 Å². The average molecular weight is 492 g/mol. The largest absolute Gasteiger partial charge is 0.339 e. The number of carbonyl (C=O) groups is 1. The lowest BCUT2D eigenvalue weighted by atomic mass is 9.95. The minimum Gasteiger partial charge on any atom is -0.339 e. The third-order valence-corrected chi connectivity index (χ3v) is 8.23. The Bertz CT molecular complexity index is 1200. The number of pyridine rings is 1. The highest BCUT2D eigenvalue weighted by molar-refractivity contribution is 9.10. The van der Waals surface area contributed by atoms with Crippen molar-refractivity contribution in [3.8, 4) is 0 Å². The van der Waals surface area contributed by atoms with E-state index in [2.05, 4.69) is 26.1 Å². The molecule has 0 aliphatic carbocycles. The first-order valence-electron chi connectivity index (χ1n) is 9.60. The Kier molecular flexibility index (Phi) is 5.65. The van der Waals surface area contributed by atoms with Crippen LogP contribution in [0.25, 0.3) is 5.65 Å². The zero-order valence-corrected chi connectivity index (χ0v) is 19.1. The van der Waals surface area contributed by atoms with Crippen LogP contribution in [-0.2, 0) is 10.0 Å². The van der Waals surface area contributed by atoms with Gasteiger partial charge >= 0.3 is 0 Å². The second kappa shape index (κ2) is 8.09. The number of carbonyl (C=O) groups excluding carboxylic acids is 1. The SMILES string of the molecule is CN(C)S(=O)(=O)c1cc(C(=O)N2CCC(c3nnc4ccccn34)CC2)ccc1Br. The van der Waals surface area contributed by atoms with Gasteiger partial charge in [0.2, 0.25) is 10.0 Å². The van der Waals surface area contributed by atoms with Crippen LogP contribution in [0, 0.1) is 0 Å². The van der Waals surface area contributed by atoms with E-state index in [4.69, 9.17) is 0 Å². The second-order valence-electron chi connectivity index (χ2n) is 7.49. The molecule has 3 aromatic rings. The van der Waals surface area contributed by atoms with Crippen molar-refractivity contribution in [2.45, 2.75) is 23.7 Å². The number of halogens is 1. The molecule has 0 radical (unpaired) electrons. The molecule has 1 aliphatic rings. The molecule has 3 heterocycles. The van der Waals surface area contributed by atoms with Crippen molar-refractivity contribution in [2.24, 2.45) is 0 Å². The van der Waals surface area contributed by atoms with Crippen LogP contribution in [0.5, 0.6) is 0 Å². The van der Waals surface area contributed by atoms with Crippen LogP contribution in [0.3, 0.4) is 0 Å². The number of aromatic nitrogens is 3. The van der Waals surface area contributed by atoms with Gasteiger partial charge < -0.3 is 4.90 Å². The number of fused-ring (bicyclic) bond motifs is 1. The Morgan fingerprint density at radius 1 is 1.13 bits per heavy atom. The maximum absolute atomic E-state index is 13.0. The summed E-state index contributed by atoms with van der Waals surface area (Å²) >= 11 is 3.28. The van der Waals surface area contributed by atoms with E-state index in [9.17, 15) is 13.2 Å². The molecule has 10 heteroatoms. The van der Waals surface area contributed by atoms with Crippen LogP contribution in [0.1, 0.15) is 34.9 Å². The molecule has 0 bridgehead atoms. The molecule has 0 saturated carbocycles. The number of amides is 1. The highest BCUT2D eigenvalue weighted by Gasteiger charge is 2.29. The number of hydrogen-bond donors (Lipinski definition) is 0. The van der Waals surface area contributed by atoms with E-state index in [0.29, 0.717) is 23.1 Å². The molecule has 0 unspecified atom stereocenters. The van der Waals surface area contributed by atoms with Gasteiger partial charge in [0.15, 0.2) is 5.65 Å². The minimum atomic E-state index is -3.66. The third kappa shape index (κ3) is 3.75. The predicted octanol–water partition coefficient (Wildman–Crippen LogP) is 2.76. The highest BCUT2D eigenvalue weighted by atomic mass is 79.9. The van der Waals surface area contributed by atoms with Crippen molar-refractivity contribution in [3.05, 3.63) is 58.5 Å². The molecule has 1 saturated heterocycles. The Morgan fingerprint density at radius 3 is 2.57 bits per heavy atom. The fraction of sp³-hybridized carbons (Fsp3) is 0.350. The summed E-state index contributed by atoms with van der Waals surface area (Å²) in [6.45, 7) is 1.16. The molecule has 1 aromatic carbocycles. The van der Waals surface area contributed by atoms with Crippen molar-refractivity contribution in [1.29, 1.82) is 0 Å². The van der Waals surface area contributed by atoms with Crippen molar-refractivity contribution >= 4 is 37.5 Å². The number of nitrogens with zero attached hydrogens (tertiary/aromatic N) is 5. The molecule has 0 atom stereocenters. The van der Waals surface area contributed by atoms with E-state index < -0.39 is 10.0 Å². The lowest BCUT2D eigenvalue weighted by Crippen LogP contribution is -2.38. The smallest absolute Gasteiger partial charge is 0.253 e. The molecule has 0 spiro atoms. The molecule has 1 amide bonds. The number of hydrogen-bond acceptors (Lipinski definition) is 5. The van der Waals surface area contributed by atoms with Gasteiger partial charge in [0.1, 0.15) is 5.82 Å². The standard InChI is InChI=1S/C20H22BrN5O3S/c1-24(2)30(28,29)17-13-15(6-7-16(17)21)20(27)25-11-8-14(9-12-25)19-23-22-18-5-3-4-10-26(18)19/h3-7,10,13-14H,8-9,11-12H2,1-2H3. The van der Waals surface area contributed by atoms with Gasteiger partial charge in [-0.15, -0.1) is 10.2 Å². The Morgan fingerprint density at radius 2 is 1.87 bits per heavy atom. The highest BCUT2D eigenvalue weighted by Crippen LogP contribution is 2.29. The van der Waals surface area contributed by atoms with Crippen LogP contribution in [0.15, 0.2) is 52.0 Å². The van der Waals surface area contributed by atoms with Crippen molar-refractivity contribution in [2.75, 3.05) is 27.2 Å². The summed E-state index contributed by atoms with van der Waals surface area (Å²) in [5, 5.41) is 8.56. The van der Waals surface area contributed by atoms with Crippen LogP contribution in [-0.4, -0.2) is 65.3 Å². The van der Waals surface area contributed by atoms with Crippen LogP contribution < -0.4 is 0 Å². The quantitative estimate of drug-likeness (QED) is 0.559.